The molecule has 0 radical (unpaired) electrons. The van der Waals surface area contributed by atoms with E-state index in [0.29, 0.717) is 11.8 Å². The molecule has 1 heterocycles. The van der Waals surface area contributed by atoms with E-state index < -0.39 is 17.3 Å². The van der Waals surface area contributed by atoms with Gasteiger partial charge in [0.05, 0.1) is 0 Å². The summed E-state index contributed by atoms with van der Waals surface area (Å²) in [6, 6.07) is 0. The quantitative estimate of drug-likeness (QED) is 0.582. The van der Waals surface area contributed by atoms with E-state index in [9.17, 15) is 14.7 Å². The van der Waals surface area contributed by atoms with Crippen molar-refractivity contribution in [3.63, 3.8) is 0 Å². The van der Waals surface area contributed by atoms with Crippen molar-refractivity contribution in [3.8, 4) is 0 Å². The minimum Gasteiger partial charge on any atom is -0.462 e. The average Bonchev–Trinajstić information content (AvgIpc) is 3.22. The zero-order valence-corrected chi connectivity index (χ0v) is 14.9. The second-order valence-electron chi connectivity index (χ2n) is 9.08. The van der Waals surface area contributed by atoms with E-state index in [0.717, 1.165) is 38.5 Å². The summed E-state index contributed by atoms with van der Waals surface area (Å²) in [6.45, 7) is 3.75. The van der Waals surface area contributed by atoms with Crippen LogP contribution in [0.4, 0.5) is 0 Å². The summed E-state index contributed by atoms with van der Waals surface area (Å²) in [6.07, 6.45) is 8.35. The van der Waals surface area contributed by atoms with Crippen LogP contribution in [-0.2, 0) is 19.1 Å². The number of ketones is 1. The number of rotatable bonds is 1. The largest absolute Gasteiger partial charge is 0.462 e. The number of ether oxygens (including phenoxy) is 2. The van der Waals surface area contributed by atoms with E-state index in [-0.39, 0.29) is 29.2 Å². The smallest absolute Gasteiger partial charge is 0.302 e. The molecule has 0 amide bonds. The van der Waals surface area contributed by atoms with Gasteiger partial charge in [0, 0.05) is 12.3 Å². The first kappa shape index (κ1) is 16.0. The molecule has 8 atom stereocenters. The van der Waals surface area contributed by atoms with Gasteiger partial charge < -0.3 is 14.6 Å². The molecule has 1 saturated heterocycles. The molecule has 5 nitrogen and oxygen atoms in total. The topological polar surface area (TPSA) is 76.1 Å². The number of hydrogen-bond acceptors (Lipinski definition) is 5. The fourth-order valence-electron chi connectivity index (χ4n) is 7.00. The molecule has 5 aliphatic rings. The van der Waals surface area contributed by atoms with Crippen LogP contribution in [0.2, 0.25) is 0 Å². The van der Waals surface area contributed by atoms with E-state index >= 15 is 0 Å². The van der Waals surface area contributed by atoms with Crippen LogP contribution in [0.1, 0.15) is 52.4 Å². The highest BCUT2D eigenvalue weighted by atomic mass is 16.6. The summed E-state index contributed by atoms with van der Waals surface area (Å²) < 4.78 is 11.5. The maximum atomic E-state index is 12.0. The van der Waals surface area contributed by atoms with Crippen LogP contribution in [0.3, 0.4) is 0 Å². The molecule has 5 heteroatoms. The van der Waals surface area contributed by atoms with Crippen LogP contribution in [0.25, 0.3) is 0 Å². The van der Waals surface area contributed by atoms with Gasteiger partial charge in [0.25, 0.3) is 0 Å². The van der Waals surface area contributed by atoms with E-state index in [1.165, 1.54) is 13.0 Å². The SMILES string of the molecule is CC(=O)O[C@H]1CC[C@@H]2[C@@H]3CC[C@]45O[C@H]4C(=O)C=C[C@]5(O)[C@H]3CC[C@]12C. The zero-order chi connectivity index (χ0) is 17.6. The van der Waals surface area contributed by atoms with Gasteiger partial charge in [0.2, 0.25) is 0 Å². The summed E-state index contributed by atoms with van der Waals surface area (Å²) in [5.41, 5.74) is -1.68. The molecular formula is C20H26O5. The maximum absolute atomic E-state index is 12.0. The first-order valence-electron chi connectivity index (χ1n) is 9.62. The lowest BCUT2D eigenvalue weighted by atomic mass is 9.49. The Hall–Kier alpha value is -1.20. The molecule has 3 saturated carbocycles. The van der Waals surface area contributed by atoms with Crippen LogP contribution in [-0.4, -0.2) is 40.3 Å². The van der Waals surface area contributed by atoms with Gasteiger partial charge in [-0.1, -0.05) is 6.92 Å². The fraction of sp³-hybridized carbons (Fsp3) is 0.800. The van der Waals surface area contributed by atoms with Crippen molar-refractivity contribution < 1.29 is 24.2 Å². The highest BCUT2D eigenvalue weighted by molar-refractivity contribution is 5.98. The van der Waals surface area contributed by atoms with E-state index in [4.69, 9.17) is 9.47 Å². The van der Waals surface area contributed by atoms with Gasteiger partial charge in [-0.05, 0) is 68.4 Å². The van der Waals surface area contributed by atoms with Crippen LogP contribution in [0.15, 0.2) is 12.2 Å². The van der Waals surface area contributed by atoms with Crippen LogP contribution in [0, 0.1) is 23.2 Å². The maximum Gasteiger partial charge on any atom is 0.302 e. The van der Waals surface area contributed by atoms with Gasteiger partial charge in [-0.25, -0.2) is 0 Å². The number of epoxide rings is 1. The number of carbonyl (C=O) groups is 2. The molecule has 136 valence electrons. The van der Waals surface area contributed by atoms with Crippen molar-refractivity contribution in [1.82, 2.24) is 0 Å². The Balaban J connectivity index is 1.47. The second kappa shape index (κ2) is 4.74. The van der Waals surface area contributed by atoms with Gasteiger partial charge in [-0.15, -0.1) is 0 Å². The predicted molar refractivity (Wildman–Crippen MR) is 88.5 cm³/mol. The first-order chi connectivity index (χ1) is 11.8. The van der Waals surface area contributed by atoms with Gasteiger partial charge in [0.1, 0.15) is 17.3 Å². The third-order valence-electron chi connectivity index (χ3n) is 8.21. The molecule has 4 aliphatic carbocycles. The summed E-state index contributed by atoms with van der Waals surface area (Å²) in [5.74, 6) is 0.792. The third kappa shape index (κ3) is 1.81. The molecule has 0 bridgehead atoms. The van der Waals surface area contributed by atoms with Crippen molar-refractivity contribution in [1.29, 1.82) is 0 Å². The lowest BCUT2D eigenvalue weighted by Gasteiger charge is -2.56. The molecule has 5 rings (SSSR count). The summed E-state index contributed by atoms with van der Waals surface area (Å²) >= 11 is 0. The molecule has 25 heavy (non-hydrogen) atoms. The summed E-state index contributed by atoms with van der Waals surface area (Å²) in [4.78, 5) is 23.5. The molecule has 0 unspecified atom stereocenters. The standard InChI is InChI=1S/C20H26O5/c1-11(21)24-16-4-3-13-12-5-10-20-17(25-20)15(22)7-9-19(20,23)14(12)6-8-18(13,16)2/h7,9,12-14,16-17,23H,3-6,8,10H2,1-2H3/t12-,13+,14-,16-,17-,18-,19-,20-/m0/s1. The molecular weight excluding hydrogens is 320 g/mol. The monoisotopic (exact) mass is 346 g/mol. The van der Waals surface area contributed by atoms with Crippen LogP contribution < -0.4 is 0 Å². The molecule has 1 spiro atoms. The average molecular weight is 346 g/mol. The Morgan fingerprint density at radius 1 is 1.24 bits per heavy atom. The van der Waals surface area contributed by atoms with Gasteiger partial charge in [-0.3, -0.25) is 9.59 Å². The Labute approximate surface area is 147 Å². The fourth-order valence-corrected chi connectivity index (χ4v) is 7.00. The van der Waals surface area contributed by atoms with Crippen molar-refractivity contribution in [3.05, 3.63) is 12.2 Å². The number of carbonyl (C=O) groups excluding carboxylic acids is 2. The first-order valence-corrected chi connectivity index (χ1v) is 9.62. The lowest BCUT2D eigenvalue weighted by Crippen LogP contribution is -2.62. The van der Waals surface area contributed by atoms with Gasteiger partial charge >= 0.3 is 5.97 Å². The normalized spacial score (nSPS) is 55.6. The second-order valence-corrected chi connectivity index (χ2v) is 9.08. The van der Waals surface area contributed by atoms with Crippen molar-refractivity contribution in [2.24, 2.45) is 23.2 Å². The van der Waals surface area contributed by atoms with Gasteiger partial charge in [-0.2, -0.15) is 0 Å². The number of esters is 1. The highest BCUT2D eigenvalue weighted by Crippen LogP contribution is 2.67. The van der Waals surface area contributed by atoms with Crippen LogP contribution in [0.5, 0.6) is 0 Å². The third-order valence-corrected chi connectivity index (χ3v) is 8.21. The van der Waals surface area contributed by atoms with Gasteiger partial charge in [0.15, 0.2) is 11.9 Å². The Bertz CT molecular complexity index is 686. The number of aliphatic hydroxyl groups is 1. The molecule has 4 fully saturated rings. The molecule has 0 aromatic carbocycles. The Kier molecular flexibility index (Phi) is 3.04. The number of hydrogen-bond donors (Lipinski definition) is 1. The minimum absolute atomic E-state index is 0.000406. The van der Waals surface area contributed by atoms with Crippen molar-refractivity contribution >= 4 is 11.8 Å². The zero-order valence-electron chi connectivity index (χ0n) is 14.9. The Morgan fingerprint density at radius 2 is 2.04 bits per heavy atom. The minimum atomic E-state index is -1.02. The molecule has 1 N–H and O–H groups in total. The van der Waals surface area contributed by atoms with Crippen molar-refractivity contribution in [2.75, 3.05) is 0 Å². The molecule has 0 aromatic rings. The lowest BCUT2D eigenvalue weighted by molar-refractivity contribution is -0.167. The predicted octanol–water partition coefficient (Wildman–Crippen LogP) is 2.16. The van der Waals surface area contributed by atoms with E-state index in [2.05, 4.69) is 6.92 Å². The summed E-state index contributed by atoms with van der Waals surface area (Å²) in [5, 5.41) is 11.6. The van der Waals surface area contributed by atoms with Crippen LogP contribution >= 0.6 is 0 Å². The van der Waals surface area contributed by atoms with Crippen molar-refractivity contribution in [2.45, 2.75) is 75.8 Å². The highest BCUT2D eigenvalue weighted by Gasteiger charge is 2.77. The molecule has 1 aliphatic heterocycles. The number of fused-ring (bicyclic) bond motifs is 4. The van der Waals surface area contributed by atoms with E-state index in [1.807, 2.05) is 0 Å². The summed E-state index contributed by atoms with van der Waals surface area (Å²) in [7, 11) is 0. The Morgan fingerprint density at radius 3 is 2.80 bits per heavy atom. The van der Waals surface area contributed by atoms with E-state index in [1.54, 1.807) is 6.08 Å². The molecule has 0 aromatic heterocycles.